The number of ether oxygens (including phenoxy) is 1. The van der Waals surface area contributed by atoms with Crippen molar-refractivity contribution in [3.63, 3.8) is 0 Å². The Morgan fingerprint density at radius 3 is 2.56 bits per heavy atom. The van der Waals surface area contributed by atoms with E-state index in [4.69, 9.17) is 4.74 Å². The van der Waals surface area contributed by atoms with Gasteiger partial charge in [0.1, 0.15) is 11.6 Å². The van der Waals surface area contributed by atoms with Gasteiger partial charge < -0.3 is 19.6 Å². The normalized spacial score (nSPS) is 21.7. The van der Waals surface area contributed by atoms with Crippen LogP contribution in [0.2, 0.25) is 0 Å². The molecule has 2 aliphatic heterocycles. The molecule has 8 heteroatoms. The van der Waals surface area contributed by atoms with Gasteiger partial charge in [0, 0.05) is 44.1 Å². The number of likely N-dealkylation sites (tertiary alicyclic amines) is 1. The predicted molar refractivity (Wildman–Crippen MR) is 115 cm³/mol. The fourth-order valence-corrected chi connectivity index (χ4v) is 4.52. The number of rotatable bonds is 5. The van der Waals surface area contributed by atoms with Crippen molar-refractivity contribution < 1.29 is 28.6 Å². The summed E-state index contributed by atoms with van der Waals surface area (Å²) >= 11 is 0. The zero-order valence-corrected chi connectivity index (χ0v) is 18.0. The molecule has 0 saturated carbocycles. The molecule has 1 saturated heterocycles. The molecule has 1 unspecified atom stereocenters. The van der Waals surface area contributed by atoms with Crippen LogP contribution in [-0.4, -0.2) is 54.9 Å². The molecular weight excluding hydrogens is 415 g/mol. The molecule has 2 aromatic rings. The Balaban J connectivity index is 2.02. The minimum absolute atomic E-state index is 0.0159. The molecule has 2 amide bonds. The van der Waals surface area contributed by atoms with E-state index in [1.54, 1.807) is 38.2 Å². The van der Waals surface area contributed by atoms with Crippen LogP contribution in [0.5, 0.6) is 0 Å². The summed E-state index contributed by atoms with van der Waals surface area (Å²) in [4.78, 5) is 42.7. The van der Waals surface area contributed by atoms with Crippen LogP contribution in [0.25, 0.3) is 5.76 Å². The molecular formula is C24H23FN2O5. The SMILES string of the molecule is COCCCN1C(=O)C(=O)/C(=C(\O)c2ccc(C)c(F)c2)C12C(=O)N(C)c1ccccc12. The van der Waals surface area contributed by atoms with E-state index in [-0.39, 0.29) is 17.7 Å². The lowest BCUT2D eigenvalue weighted by atomic mass is 9.81. The molecule has 0 bridgehead atoms. The van der Waals surface area contributed by atoms with Crippen LogP contribution in [0.1, 0.15) is 23.1 Å². The Bertz CT molecular complexity index is 1170. The van der Waals surface area contributed by atoms with Crippen LogP contribution >= 0.6 is 0 Å². The number of halogens is 1. The third kappa shape index (κ3) is 2.86. The quantitative estimate of drug-likeness (QED) is 0.336. The predicted octanol–water partition coefficient (Wildman–Crippen LogP) is 2.72. The van der Waals surface area contributed by atoms with Crippen molar-refractivity contribution in [1.29, 1.82) is 0 Å². The minimum atomic E-state index is -1.83. The van der Waals surface area contributed by atoms with E-state index in [0.29, 0.717) is 29.8 Å². The first-order valence-corrected chi connectivity index (χ1v) is 10.2. The van der Waals surface area contributed by atoms with Gasteiger partial charge in [-0.25, -0.2) is 4.39 Å². The molecule has 1 spiro atoms. The van der Waals surface area contributed by atoms with Gasteiger partial charge in [0.2, 0.25) is 0 Å². The molecule has 0 radical (unpaired) electrons. The zero-order valence-electron chi connectivity index (χ0n) is 18.0. The van der Waals surface area contributed by atoms with Gasteiger partial charge in [-0.3, -0.25) is 14.4 Å². The standard InChI is InChI=1S/C24H23FN2O5/c1-14-9-10-15(13-17(14)25)20(28)19-21(29)22(30)27(11-6-12-32-3)24(19)16-7-4-5-8-18(16)26(2)23(24)31/h4-5,7-10,13,28H,6,11-12H2,1-3H3/b20-19+. The summed E-state index contributed by atoms with van der Waals surface area (Å²) in [7, 11) is 3.07. The van der Waals surface area contributed by atoms with E-state index in [1.807, 2.05) is 0 Å². The Labute approximate surface area is 184 Å². The highest BCUT2D eigenvalue weighted by atomic mass is 19.1. The first kappa shape index (κ1) is 21.7. The minimum Gasteiger partial charge on any atom is -0.507 e. The summed E-state index contributed by atoms with van der Waals surface area (Å²) in [5, 5.41) is 11.2. The first-order chi connectivity index (χ1) is 15.3. The molecule has 1 atom stereocenters. The third-order valence-electron chi connectivity index (χ3n) is 6.11. The number of fused-ring (bicyclic) bond motifs is 2. The third-order valence-corrected chi connectivity index (χ3v) is 6.11. The number of aliphatic hydroxyl groups excluding tert-OH is 1. The molecule has 2 aromatic carbocycles. The van der Waals surface area contributed by atoms with Crippen LogP contribution in [0, 0.1) is 12.7 Å². The number of hydrogen-bond donors (Lipinski definition) is 1. The van der Waals surface area contributed by atoms with E-state index < -0.39 is 34.7 Å². The number of para-hydroxylation sites is 1. The number of nitrogens with zero attached hydrogens (tertiary/aromatic N) is 2. The van der Waals surface area contributed by atoms with Crippen LogP contribution in [0.15, 0.2) is 48.0 Å². The number of methoxy groups -OCH3 is 1. The molecule has 1 fully saturated rings. The highest BCUT2D eigenvalue weighted by Gasteiger charge is 2.66. The summed E-state index contributed by atoms with van der Waals surface area (Å²) in [6.45, 7) is 1.94. The number of benzene rings is 2. The maximum atomic E-state index is 14.2. The number of aliphatic hydroxyl groups is 1. The van der Waals surface area contributed by atoms with Crippen molar-refractivity contribution in [1.82, 2.24) is 4.90 Å². The van der Waals surface area contributed by atoms with Gasteiger partial charge in [-0.05, 0) is 31.0 Å². The second kappa shape index (κ2) is 7.87. The van der Waals surface area contributed by atoms with Gasteiger partial charge in [-0.1, -0.05) is 30.3 Å². The monoisotopic (exact) mass is 438 g/mol. The smallest absolute Gasteiger partial charge is 0.296 e. The van der Waals surface area contributed by atoms with E-state index in [1.165, 1.54) is 29.0 Å². The van der Waals surface area contributed by atoms with Crippen LogP contribution in [-0.2, 0) is 24.7 Å². The maximum Gasteiger partial charge on any atom is 0.296 e. The maximum absolute atomic E-state index is 14.2. The summed E-state index contributed by atoms with van der Waals surface area (Å²) in [5.41, 5.74) is -0.876. The Morgan fingerprint density at radius 1 is 1.16 bits per heavy atom. The summed E-state index contributed by atoms with van der Waals surface area (Å²) in [5.74, 6) is -3.58. The fraction of sp³-hybridized carbons (Fsp3) is 0.292. The van der Waals surface area contributed by atoms with Crippen LogP contribution in [0.3, 0.4) is 0 Å². The van der Waals surface area contributed by atoms with Crippen molar-refractivity contribution in [2.75, 3.05) is 32.2 Å². The molecule has 166 valence electrons. The van der Waals surface area contributed by atoms with Gasteiger partial charge in [-0.15, -0.1) is 0 Å². The van der Waals surface area contributed by atoms with Gasteiger partial charge in [0.25, 0.3) is 17.6 Å². The molecule has 2 heterocycles. The summed E-state index contributed by atoms with van der Waals surface area (Å²) in [6.07, 6.45) is 0.379. The number of carbonyl (C=O) groups excluding carboxylic acids is 3. The molecule has 7 nitrogen and oxygen atoms in total. The van der Waals surface area contributed by atoms with Gasteiger partial charge in [0.05, 0.1) is 5.57 Å². The average molecular weight is 438 g/mol. The van der Waals surface area contributed by atoms with E-state index in [9.17, 15) is 23.9 Å². The number of hydrogen-bond acceptors (Lipinski definition) is 5. The molecule has 0 aliphatic carbocycles. The van der Waals surface area contributed by atoms with Crippen molar-refractivity contribution in [3.05, 3.63) is 70.5 Å². The van der Waals surface area contributed by atoms with E-state index >= 15 is 0 Å². The van der Waals surface area contributed by atoms with Gasteiger partial charge in [-0.2, -0.15) is 0 Å². The second-order valence-corrected chi connectivity index (χ2v) is 7.91. The lowest BCUT2D eigenvalue weighted by Crippen LogP contribution is -2.51. The van der Waals surface area contributed by atoms with Gasteiger partial charge >= 0.3 is 0 Å². The summed E-state index contributed by atoms with van der Waals surface area (Å²) < 4.78 is 19.3. The highest BCUT2D eigenvalue weighted by molar-refractivity contribution is 6.50. The topological polar surface area (TPSA) is 87.1 Å². The largest absolute Gasteiger partial charge is 0.507 e. The second-order valence-electron chi connectivity index (χ2n) is 7.91. The average Bonchev–Trinajstić information content (AvgIpc) is 3.14. The summed E-state index contributed by atoms with van der Waals surface area (Å²) in [6, 6.07) is 10.8. The molecule has 2 aliphatic rings. The molecule has 1 N–H and O–H groups in total. The number of amides is 2. The van der Waals surface area contributed by atoms with E-state index in [2.05, 4.69) is 0 Å². The van der Waals surface area contributed by atoms with Crippen molar-refractivity contribution in [2.45, 2.75) is 18.9 Å². The fourth-order valence-electron chi connectivity index (χ4n) is 4.52. The van der Waals surface area contributed by atoms with Crippen molar-refractivity contribution >= 4 is 29.0 Å². The zero-order chi connectivity index (χ0) is 23.2. The number of aryl methyl sites for hydroxylation is 1. The van der Waals surface area contributed by atoms with Crippen LogP contribution < -0.4 is 4.90 Å². The number of carbonyl (C=O) groups is 3. The number of ketones is 1. The highest BCUT2D eigenvalue weighted by Crippen LogP contribution is 2.53. The molecule has 32 heavy (non-hydrogen) atoms. The lowest BCUT2D eigenvalue weighted by Gasteiger charge is -2.34. The Morgan fingerprint density at radius 2 is 1.88 bits per heavy atom. The lowest BCUT2D eigenvalue weighted by molar-refractivity contribution is -0.143. The Kier molecular flexibility index (Phi) is 5.34. The van der Waals surface area contributed by atoms with Gasteiger partial charge in [0.15, 0.2) is 5.54 Å². The first-order valence-electron chi connectivity index (χ1n) is 10.2. The number of Topliss-reactive ketones (excluding diaryl/α,β-unsaturated/α-hetero) is 1. The molecule has 4 rings (SSSR count). The number of anilines is 1. The van der Waals surface area contributed by atoms with E-state index in [0.717, 1.165) is 6.07 Å². The van der Waals surface area contributed by atoms with Crippen LogP contribution in [0.4, 0.5) is 10.1 Å². The van der Waals surface area contributed by atoms with Crippen molar-refractivity contribution in [2.24, 2.45) is 0 Å². The van der Waals surface area contributed by atoms with Crippen molar-refractivity contribution in [3.8, 4) is 0 Å². The molecule has 0 aromatic heterocycles. The Hall–Kier alpha value is -3.52. The number of likely N-dealkylation sites (N-methyl/N-ethyl adjacent to an activating group) is 1.